The Kier molecular flexibility index (Phi) is 4.48. The van der Waals surface area contributed by atoms with Gasteiger partial charge in [-0.2, -0.15) is 0 Å². The molecule has 1 heterocycles. The van der Waals surface area contributed by atoms with Crippen molar-refractivity contribution in [3.8, 4) is 5.75 Å². The zero-order chi connectivity index (χ0) is 16.4. The molecule has 1 aromatic rings. The molecular weight excluding hydrogens is 316 g/mol. The van der Waals surface area contributed by atoms with Gasteiger partial charge in [0.1, 0.15) is 5.75 Å². The van der Waals surface area contributed by atoms with Crippen LogP contribution in [0.5, 0.6) is 5.75 Å². The van der Waals surface area contributed by atoms with Crippen molar-refractivity contribution in [2.24, 2.45) is 0 Å². The van der Waals surface area contributed by atoms with E-state index in [4.69, 9.17) is 4.74 Å². The van der Waals surface area contributed by atoms with Crippen LogP contribution in [0.25, 0.3) is 0 Å². The minimum Gasteiger partial charge on any atom is -0.478 e. The van der Waals surface area contributed by atoms with Crippen molar-refractivity contribution in [1.29, 1.82) is 0 Å². The molecule has 2 aliphatic rings. The second kappa shape index (κ2) is 6.39. The maximum absolute atomic E-state index is 12.5. The van der Waals surface area contributed by atoms with Crippen molar-refractivity contribution in [3.63, 3.8) is 0 Å². The van der Waals surface area contributed by atoms with Gasteiger partial charge in [0, 0.05) is 19.0 Å². The fourth-order valence-electron chi connectivity index (χ4n) is 3.22. The quantitative estimate of drug-likeness (QED) is 0.909. The first kappa shape index (κ1) is 16.1. The molecule has 0 saturated heterocycles. The highest BCUT2D eigenvalue weighted by Crippen LogP contribution is 2.33. The Labute approximate surface area is 136 Å². The molecule has 1 fully saturated rings. The Morgan fingerprint density at radius 2 is 1.91 bits per heavy atom. The first-order valence-corrected chi connectivity index (χ1v) is 9.84. The molecule has 6 nitrogen and oxygen atoms in total. The monoisotopic (exact) mass is 338 g/mol. The van der Waals surface area contributed by atoms with Gasteiger partial charge in [0.25, 0.3) is 5.91 Å². The number of amides is 1. The van der Waals surface area contributed by atoms with E-state index in [0.29, 0.717) is 17.9 Å². The van der Waals surface area contributed by atoms with Crippen LogP contribution in [-0.2, 0) is 14.8 Å². The summed E-state index contributed by atoms with van der Waals surface area (Å²) in [5.41, 5.74) is 0.492. The number of carbonyl (C=O) groups excluding carboxylic acids is 1. The summed E-state index contributed by atoms with van der Waals surface area (Å²) in [4.78, 5) is 12.5. The van der Waals surface area contributed by atoms with E-state index in [1.54, 1.807) is 24.3 Å². The molecule has 1 amide bonds. The maximum atomic E-state index is 12.5. The van der Waals surface area contributed by atoms with Crippen molar-refractivity contribution in [3.05, 3.63) is 24.3 Å². The van der Waals surface area contributed by atoms with Crippen LogP contribution in [0.2, 0.25) is 0 Å². The summed E-state index contributed by atoms with van der Waals surface area (Å²) in [6.07, 6.45) is 5.13. The van der Waals surface area contributed by atoms with Crippen molar-refractivity contribution in [1.82, 2.24) is 5.32 Å². The Morgan fingerprint density at radius 3 is 2.61 bits per heavy atom. The van der Waals surface area contributed by atoms with Gasteiger partial charge in [-0.25, -0.2) is 8.42 Å². The second-order valence-electron chi connectivity index (χ2n) is 6.19. The predicted molar refractivity (Wildman–Crippen MR) is 88.1 cm³/mol. The smallest absolute Gasteiger partial charge is 0.261 e. The fourth-order valence-corrected chi connectivity index (χ4v) is 4.17. The van der Waals surface area contributed by atoms with E-state index in [0.717, 1.165) is 25.7 Å². The number of benzene rings is 1. The summed E-state index contributed by atoms with van der Waals surface area (Å²) < 4.78 is 31.2. The molecule has 1 atom stereocenters. The fraction of sp³-hybridized carbons (Fsp3) is 0.562. The summed E-state index contributed by atoms with van der Waals surface area (Å²) >= 11 is 0. The van der Waals surface area contributed by atoms with Crippen molar-refractivity contribution in [2.75, 3.05) is 17.1 Å². The topological polar surface area (TPSA) is 75.7 Å². The Balaban J connectivity index is 1.81. The molecule has 7 heteroatoms. The molecule has 0 spiro atoms. The first-order valence-electron chi connectivity index (χ1n) is 7.99. The number of carbonyl (C=O) groups is 1. The average molecular weight is 338 g/mol. The van der Waals surface area contributed by atoms with Crippen LogP contribution in [0.4, 0.5) is 5.69 Å². The summed E-state index contributed by atoms with van der Waals surface area (Å²) in [6, 6.07) is 7.16. The van der Waals surface area contributed by atoms with Crippen LogP contribution in [-0.4, -0.2) is 39.3 Å². The highest BCUT2D eigenvalue weighted by molar-refractivity contribution is 7.92. The normalized spacial score (nSPS) is 22.1. The van der Waals surface area contributed by atoms with Gasteiger partial charge in [-0.1, -0.05) is 25.0 Å². The molecule has 3 rings (SSSR count). The van der Waals surface area contributed by atoms with E-state index in [-0.39, 0.29) is 18.5 Å². The summed E-state index contributed by atoms with van der Waals surface area (Å²) in [5.74, 6) is 0.282. The van der Waals surface area contributed by atoms with Crippen molar-refractivity contribution < 1.29 is 17.9 Å². The van der Waals surface area contributed by atoms with Gasteiger partial charge in [-0.05, 0) is 25.0 Å². The van der Waals surface area contributed by atoms with Gasteiger partial charge in [0.15, 0.2) is 6.10 Å². The number of sulfonamides is 1. The molecule has 1 aliphatic heterocycles. The third kappa shape index (κ3) is 3.60. The van der Waals surface area contributed by atoms with E-state index >= 15 is 0 Å². The minimum atomic E-state index is -3.41. The van der Waals surface area contributed by atoms with Gasteiger partial charge in [0.2, 0.25) is 10.0 Å². The lowest BCUT2D eigenvalue weighted by molar-refractivity contribution is -0.128. The predicted octanol–water partition coefficient (Wildman–Crippen LogP) is 1.66. The standard InChI is InChI=1S/C16H22N2O4S/c1-23(20,21)18-11-10-15(16(19)17-12-6-2-3-7-12)22-14-9-5-4-8-13(14)18/h4-5,8-9,12,15H,2-3,6-7,10-11H2,1H3,(H,17,19). The summed E-state index contributed by atoms with van der Waals surface area (Å²) in [7, 11) is -3.41. The molecule has 23 heavy (non-hydrogen) atoms. The van der Waals surface area contributed by atoms with E-state index in [1.165, 1.54) is 10.6 Å². The average Bonchev–Trinajstić information content (AvgIpc) is 2.90. The molecule has 1 aromatic carbocycles. The molecular formula is C16H22N2O4S. The van der Waals surface area contributed by atoms with Crippen LogP contribution in [0.3, 0.4) is 0 Å². The molecule has 0 radical (unpaired) electrons. The van der Waals surface area contributed by atoms with E-state index < -0.39 is 16.1 Å². The number of hydrogen-bond donors (Lipinski definition) is 1. The number of anilines is 1. The SMILES string of the molecule is CS(=O)(=O)N1CCC(C(=O)NC2CCCC2)Oc2ccccc21. The van der Waals surface area contributed by atoms with E-state index in [1.807, 2.05) is 0 Å². The molecule has 1 aliphatic carbocycles. The Morgan fingerprint density at radius 1 is 1.22 bits per heavy atom. The number of hydrogen-bond acceptors (Lipinski definition) is 4. The Bertz CT molecular complexity index is 683. The van der Waals surface area contributed by atoms with Gasteiger partial charge in [0.05, 0.1) is 11.9 Å². The van der Waals surface area contributed by atoms with Crippen LogP contribution < -0.4 is 14.4 Å². The third-order valence-electron chi connectivity index (χ3n) is 4.39. The minimum absolute atomic E-state index is 0.151. The molecule has 1 saturated carbocycles. The highest BCUT2D eigenvalue weighted by atomic mass is 32.2. The molecule has 0 aromatic heterocycles. The lowest BCUT2D eigenvalue weighted by Gasteiger charge is -2.20. The summed E-state index contributed by atoms with van der Waals surface area (Å²) in [5, 5.41) is 3.03. The second-order valence-corrected chi connectivity index (χ2v) is 8.09. The number of para-hydroxylation sites is 2. The lowest BCUT2D eigenvalue weighted by atomic mass is 10.2. The zero-order valence-corrected chi connectivity index (χ0v) is 14.0. The molecule has 126 valence electrons. The van der Waals surface area contributed by atoms with Gasteiger partial charge < -0.3 is 10.1 Å². The van der Waals surface area contributed by atoms with Crippen LogP contribution >= 0.6 is 0 Å². The third-order valence-corrected chi connectivity index (χ3v) is 5.57. The first-order chi connectivity index (χ1) is 10.9. The molecule has 1 unspecified atom stereocenters. The largest absolute Gasteiger partial charge is 0.478 e. The highest BCUT2D eigenvalue weighted by Gasteiger charge is 2.32. The Hall–Kier alpha value is -1.76. The number of nitrogens with zero attached hydrogens (tertiary/aromatic N) is 1. The number of ether oxygens (including phenoxy) is 1. The van der Waals surface area contributed by atoms with Crippen LogP contribution in [0.15, 0.2) is 24.3 Å². The molecule has 0 bridgehead atoms. The van der Waals surface area contributed by atoms with E-state index in [2.05, 4.69) is 5.32 Å². The van der Waals surface area contributed by atoms with Crippen molar-refractivity contribution >= 4 is 21.6 Å². The van der Waals surface area contributed by atoms with Crippen LogP contribution in [0.1, 0.15) is 32.1 Å². The zero-order valence-electron chi connectivity index (χ0n) is 13.2. The van der Waals surface area contributed by atoms with Crippen LogP contribution in [0, 0.1) is 0 Å². The summed E-state index contributed by atoms with van der Waals surface area (Å²) in [6.45, 7) is 0.235. The molecule has 1 N–H and O–H groups in total. The lowest BCUT2D eigenvalue weighted by Crippen LogP contribution is -2.43. The van der Waals surface area contributed by atoms with Crippen molar-refractivity contribution in [2.45, 2.75) is 44.2 Å². The van der Waals surface area contributed by atoms with Gasteiger partial charge in [-0.3, -0.25) is 9.10 Å². The van der Waals surface area contributed by atoms with E-state index in [9.17, 15) is 13.2 Å². The number of rotatable bonds is 3. The van der Waals surface area contributed by atoms with Gasteiger partial charge >= 0.3 is 0 Å². The number of nitrogens with one attached hydrogen (secondary N) is 1. The number of fused-ring (bicyclic) bond motifs is 1. The van der Waals surface area contributed by atoms with Gasteiger partial charge in [-0.15, -0.1) is 0 Å². The maximum Gasteiger partial charge on any atom is 0.261 e.